The van der Waals surface area contributed by atoms with Crippen LogP contribution < -0.4 is 0 Å². The molecule has 1 aliphatic heterocycles. The van der Waals surface area contributed by atoms with Crippen molar-refractivity contribution in [1.29, 1.82) is 0 Å². The first-order chi connectivity index (χ1) is 8.15. The molecule has 0 aromatic carbocycles. The third-order valence-corrected chi connectivity index (χ3v) is 2.40. The van der Waals surface area contributed by atoms with Gasteiger partial charge in [0.05, 0.1) is 26.1 Å². The molecular formula is C12H21NO5. The van der Waals surface area contributed by atoms with Gasteiger partial charge in [-0.1, -0.05) is 0 Å². The van der Waals surface area contributed by atoms with Gasteiger partial charge in [0.15, 0.2) is 0 Å². The first kappa shape index (κ1) is 14.8. The van der Waals surface area contributed by atoms with Crippen LogP contribution in [0.5, 0.6) is 0 Å². The van der Waals surface area contributed by atoms with Crippen molar-refractivity contribution >= 4 is 12.1 Å². The Morgan fingerprint density at radius 3 is 2.33 bits per heavy atom. The maximum Gasteiger partial charge on any atom is 0.410 e. The van der Waals surface area contributed by atoms with Crippen LogP contribution in [0.15, 0.2) is 0 Å². The Labute approximate surface area is 107 Å². The van der Waals surface area contributed by atoms with Crippen LogP contribution in [0, 0.1) is 0 Å². The molecule has 0 aliphatic carbocycles. The lowest BCUT2D eigenvalue weighted by molar-refractivity contribution is -0.157. The minimum atomic E-state index is -1.18. The lowest BCUT2D eigenvalue weighted by Crippen LogP contribution is -2.64. The molecule has 0 saturated carbocycles. The van der Waals surface area contributed by atoms with E-state index >= 15 is 0 Å². The van der Waals surface area contributed by atoms with E-state index in [0.717, 1.165) is 0 Å². The number of β-amino-alcohol motifs (C(OH)–C–C–N with tert-alkyl or cyclic N) is 1. The first-order valence-electron chi connectivity index (χ1n) is 6.01. The average molecular weight is 259 g/mol. The van der Waals surface area contributed by atoms with Gasteiger partial charge < -0.3 is 19.5 Å². The van der Waals surface area contributed by atoms with Gasteiger partial charge >= 0.3 is 12.1 Å². The van der Waals surface area contributed by atoms with Crippen molar-refractivity contribution in [3.63, 3.8) is 0 Å². The highest BCUT2D eigenvalue weighted by molar-refractivity contribution is 5.73. The van der Waals surface area contributed by atoms with Gasteiger partial charge in [-0.15, -0.1) is 0 Å². The predicted molar refractivity (Wildman–Crippen MR) is 64.0 cm³/mol. The molecular weight excluding hydrogens is 238 g/mol. The van der Waals surface area contributed by atoms with Gasteiger partial charge in [-0.05, 0) is 27.7 Å². The van der Waals surface area contributed by atoms with Crippen molar-refractivity contribution in [2.75, 3.05) is 19.7 Å². The quantitative estimate of drug-likeness (QED) is 0.763. The Morgan fingerprint density at radius 1 is 1.33 bits per heavy atom. The zero-order valence-electron chi connectivity index (χ0n) is 11.4. The van der Waals surface area contributed by atoms with Crippen LogP contribution in [-0.2, 0) is 14.3 Å². The molecule has 104 valence electrons. The van der Waals surface area contributed by atoms with Crippen molar-refractivity contribution < 1.29 is 24.2 Å². The van der Waals surface area contributed by atoms with Crippen LogP contribution in [-0.4, -0.2) is 53.0 Å². The summed E-state index contributed by atoms with van der Waals surface area (Å²) in [4.78, 5) is 24.2. The smallest absolute Gasteiger partial charge is 0.410 e. The molecule has 1 heterocycles. The second-order valence-electron chi connectivity index (χ2n) is 5.54. The summed E-state index contributed by atoms with van der Waals surface area (Å²) in [6.07, 6.45) is -0.573. The van der Waals surface area contributed by atoms with Gasteiger partial charge in [0, 0.05) is 0 Å². The van der Waals surface area contributed by atoms with E-state index in [4.69, 9.17) is 9.47 Å². The standard InChI is InChI=1S/C12H21NO5/c1-5-17-9(14)6-12(16)7-13(8-12)10(15)18-11(2,3)4/h16H,5-8H2,1-4H3. The normalized spacial score (nSPS) is 17.9. The fourth-order valence-corrected chi connectivity index (χ4v) is 1.71. The highest BCUT2D eigenvalue weighted by Gasteiger charge is 2.46. The maximum atomic E-state index is 11.6. The second-order valence-corrected chi connectivity index (χ2v) is 5.54. The lowest BCUT2D eigenvalue weighted by Gasteiger charge is -2.45. The number of esters is 1. The van der Waals surface area contributed by atoms with Gasteiger partial charge in [-0.2, -0.15) is 0 Å². The molecule has 0 aromatic rings. The minimum Gasteiger partial charge on any atom is -0.466 e. The zero-order chi connectivity index (χ0) is 14.0. The number of aliphatic hydroxyl groups is 1. The van der Waals surface area contributed by atoms with Crippen LogP contribution in [0.1, 0.15) is 34.1 Å². The summed E-state index contributed by atoms with van der Waals surface area (Å²) >= 11 is 0. The molecule has 0 bridgehead atoms. The van der Waals surface area contributed by atoms with E-state index < -0.39 is 23.3 Å². The highest BCUT2D eigenvalue weighted by atomic mass is 16.6. The highest BCUT2D eigenvalue weighted by Crippen LogP contribution is 2.26. The maximum absolute atomic E-state index is 11.6. The molecule has 0 atom stereocenters. The van der Waals surface area contributed by atoms with E-state index in [2.05, 4.69) is 0 Å². The number of hydrogen-bond acceptors (Lipinski definition) is 5. The molecule has 1 aliphatic rings. The van der Waals surface area contributed by atoms with Crippen LogP contribution in [0.3, 0.4) is 0 Å². The zero-order valence-corrected chi connectivity index (χ0v) is 11.4. The third kappa shape index (κ3) is 4.18. The van der Waals surface area contributed by atoms with Gasteiger partial charge in [-0.3, -0.25) is 4.79 Å². The number of carbonyl (C=O) groups excluding carboxylic acids is 2. The number of amides is 1. The molecule has 1 N–H and O–H groups in total. The Kier molecular flexibility index (Phi) is 4.21. The number of hydrogen-bond donors (Lipinski definition) is 1. The monoisotopic (exact) mass is 259 g/mol. The SMILES string of the molecule is CCOC(=O)CC1(O)CN(C(=O)OC(C)(C)C)C1. The lowest BCUT2D eigenvalue weighted by atomic mass is 9.91. The summed E-state index contributed by atoms with van der Waals surface area (Å²) in [6, 6.07) is 0. The Balaban J connectivity index is 2.38. The molecule has 1 rings (SSSR count). The Morgan fingerprint density at radius 2 is 1.89 bits per heavy atom. The fraction of sp³-hybridized carbons (Fsp3) is 0.833. The van der Waals surface area contributed by atoms with Crippen LogP contribution in [0.2, 0.25) is 0 Å². The van der Waals surface area contributed by atoms with Crippen LogP contribution >= 0.6 is 0 Å². The average Bonchev–Trinajstić information content (AvgIpc) is 2.11. The molecule has 0 aromatic heterocycles. The van der Waals surface area contributed by atoms with Gasteiger partial charge in [0.2, 0.25) is 0 Å². The van der Waals surface area contributed by atoms with E-state index in [1.807, 2.05) is 0 Å². The Hall–Kier alpha value is -1.30. The number of likely N-dealkylation sites (tertiary alicyclic amines) is 1. The third-order valence-electron chi connectivity index (χ3n) is 2.40. The van der Waals surface area contributed by atoms with Gasteiger partial charge in [0.1, 0.15) is 11.2 Å². The van der Waals surface area contributed by atoms with E-state index in [1.165, 1.54) is 4.90 Å². The van der Waals surface area contributed by atoms with E-state index in [9.17, 15) is 14.7 Å². The molecule has 1 amide bonds. The molecule has 0 unspecified atom stereocenters. The second kappa shape index (κ2) is 5.14. The number of nitrogens with zero attached hydrogens (tertiary/aromatic N) is 1. The number of rotatable bonds is 3. The number of ether oxygens (including phenoxy) is 2. The van der Waals surface area contributed by atoms with Gasteiger partial charge in [-0.25, -0.2) is 4.79 Å². The molecule has 0 spiro atoms. The molecule has 6 nitrogen and oxygen atoms in total. The summed E-state index contributed by atoms with van der Waals surface area (Å²) in [5, 5.41) is 9.97. The topological polar surface area (TPSA) is 76.1 Å². The van der Waals surface area contributed by atoms with E-state index in [0.29, 0.717) is 0 Å². The number of carbonyl (C=O) groups is 2. The molecule has 1 saturated heterocycles. The van der Waals surface area contributed by atoms with Crippen LogP contribution in [0.25, 0.3) is 0 Å². The molecule has 1 fully saturated rings. The van der Waals surface area contributed by atoms with E-state index in [1.54, 1.807) is 27.7 Å². The molecule has 6 heteroatoms. The summed E-state index contributed by atoms with van der Waals surface area (Å²) in [5.74, 6) is -0.455. The van der Waals surface area contributed by atoms with Crippen molar-refractivity contribution in [1.82, 2.24) is 4.90 Å². The predicted octanol–water partition coefficient (Wildman–Crippen LogP) is 0.921. The summed E-state index contributed by atoms with van der Waals surface area (Å²) in [5.41, 5.74) is -1.74. The van der Waals surface area contributed by atoms with E-state index in [-0.39, 0.29) is 26.1 Å². The summed E-state index contributed by atoms with van der Waals surface area (Å²) in [6.45, 7) is 7.50. The molecule has 18 heavy (non-hydrogen) atoms. The minimum absolute atomic E-state index is 0.0971. The first-order valence-corrected chi connectivity index (χ1v) is 6.01. The van der Waals surface area contributed by atoms with Crippen molar-refractivity contribution in [2.45, 2.75) is 45.3 Å². The largest absolute Gasteiger partial charge is 0.466 e. The van der Waals surface area contributed by atoms with Gasteiger partial charge in [0.25, 0.3) is 0 Å². The summed E-state index contributed by atoms with van der Waals surface area (Å²) < 4.78 is 9.90. The van der Waals surface area contributed by atoms with Crippen molar-refractivity contribution in [3.8, 4) is 0 Å². The Bertz CT molecular complexity index is 328. The summed E-state index contributed by atoms with van der Waals surface area (Å²) in [7, 11) is 0. The molecule has 0 radical (unpaired) electrons. The van der Waals surface area contributed by atoms with Crippen LogP contribution in [0.4, 0.5) is 4.79 Å². The van der Waals surface area contributed by atoms with Crippen molar-refractivity contribution in [3.05, 3.63) is 0 Å². The fourth-order valence-electron chi connectivity index (χ4n) is 1.71. The van der Waals surface area contributed by atoms with Crippen molar-refractivity contribution in [2.24, 2.45) is 0 Å².